The van der Waals surface area contributed by atoms with E-state index in [4.69, 9.17) is 4.74 Å². The molecule has 0 aliphatic carbocycles. The van der Waals surface area contributed by atoms with Gasteiger partial charge in [0.1, 0.15) is 15.6 Å². The zero-order valence-electron chi connectivity index (χ0n) is 10.8. The van der Waals surface area contributed by atoms with E-state index in [2.05, 4.69) is 0 Å². The quantitative estimate of drug-likeness (QED) is 0.767. The first kappa shape index (κ1) is 15.0. The molecule has 0 amide bonds. The molecule has 1 rings (SSSR count). The van der Waals surface area contributed by atoms with Gasteiger partial charge in [-0.05, 0) is 19.4 Å². The van der Waals surface area contributed by atoms with Crippen molar-refractivity contribution in [2.45, 2.75) is 26.9 Å². The van der Waals surface area contributed by atoms with Crippen LogP contribution in [-0.4, -0.2) is 31.6 Å². The number of aliphatic hydroxyl groups is 1. The third-order valence-corrected chi connectivity index (χ3v) is 4.47. The zero-order chi connectivity index (χ0) is 13.6. The molecule has 0 radical (unpaired) electrons. The summed E-state index contributed by atoms with van der Waals surface area (Å²) in [6.07, 6.45) is 0.467. The van der Waals surface area contributed by atoms with Crippen LogP contribution in [-0.2, 0) is 16.4 Å². The topological polar surface area (TPSA) is 63.6 Å². The van der Waals surface area contributed by atoms with E-state index in [0.29, 0.717) is 18.8 Å². The highest BCUT2D eigenvalue weighted by atomic mass is 32.2. The van der Waals surface area contributed by atoms with Crippen molar-refractivity contribution < 1.29 is 18.3 Å². The fourth-order valence-corrected chi connectivity index (χ4v) is 2.42. The minimum absolute atomic E-state index is 0.0791. The first-order valence-electron chi connectivity index (χ1n) is 6.02. The van der Waals surface area contributed by atoms with Crippen LogP contribution in [0.3, 0.4) is 0 Å². The number of aryl methyl sites for hydroxylation is 1. The summed E-state index contributed by atoms with van der Waals surface area (Å²) in [4.78, 5) is 0. The van der Waals surface area contributed by atoms with E-state index in [1.165, 1.54) is 0 Å². The Balaban J connectivity index is 2.49. The second kappa shape index (κ2) is 6.75. The minimum atomic E-state index is -2.93. The molecule has 0 bridgehead atoms. The van der Waals surface area contributed by atoms with Crippen molar-refractivity contribution >= 4 is 9.84 Å². The van der Waals surface area contributed by atoms with E-state index in [0.717, 1.165) is 11.1 Å². The first-order valence-corrected chi connectivity index (χ1v) is 7.84. The van der Waals surface area contributed by atoms with Crippen LogP contribution in [0.15, 0.2) is 18.2 Å². The maximum atomic E-state index is 11.3. The number of benzene rings is 1. The predicted octanol–water partition coefficient (Wildman–Crippen LogP) is 1.69. The summed E-state index contributed by atoms with van der Waals surface area (Å²) >= 11 is 0. The van der Waals surface area contributed by atoms with Crippen molar-refractivity contribution in [3.63, 3.8) is 0 Å². The molecular formula is C13H20O4S. The molecule has 5 heteroatoms. The molecule has 0 atom stereocenters. The molecule has 1 N–H and O–H groups in total. The van der Waals surface area contributed by atoms with Gasteiger partial charge >= 0.3 is 0 Å². The van der Waals surface area contributed by atoms with Gasteiger partial charge in [-0.1, -0.05) is 24.6 Å². The fraction of sp³-hybridized carbons (Fsp3) is 0.538. The maximum absolute atomic E-state index is 11.3. The van der Waals surface area contributed by atoms with Gasteiger partial charge in [0.15, 0.2) is 0 Å². The van der Waals surface area contributed by atoms with Crippen molar-refractivity contribution in [2.24, 2.45) is 0 Å². The molecule has 0 aliphatic rings. The Hall–Kier alpha value is -1.07. The highest BCUT2D eigenvalue weighted by molar-refractivity contribution is 7.91. The van der Waals surface area contributed by atoms with Crippen LogP contribution in [0, 0.1) is 6.92 Å². The summed E-state index contributed by atoms with van der Waals surface area (Å²) in [7, 11) is -2.93. The summed E-state index contributed by atoms with van der Waals surface area (Å²) in [6, 6.07) is 5.56. The van der Waals surface area contributed by atoms with Gasteiger partial charge in [-0.2, -0.15) is 0 Å². The van der Waals surface area contributed by atoms with Crippen LogP contribution in [0.2, 0.25) is 0 Å². The number of aliphatic hydroxyl groups excluding tert-OH is 1. The summed E-state index contributed by atoms with van der Waals surface area (Å²) in [5, 5.41) is 9.19. The third kappa shape index (κ3) is 4.66. The van der Waals surface area contributed by atoms with Gasteiger partial charge in [-0.15, -0.1) is 0 Å². The monoisotopic (exact) mass is 272 g/mol. The number of rotatable bonds is 7. The molecule has 0 saturated heterocycles. The lowest BCUT2D eigenvalue weighted by Gasteiger charge is -2.10. The van der Waals surface area contributed by atoms with Crippen molar-refractivity contribution in [2.75, 3.05) is 18.1 Å². The highest BCUT2D eigenvalue weighted by Crippen LogP contribution is 2.20. The SMILES string of the molecule is CCS(=O)(=O)CCCOc1ccc(C)cc1CO. The smallest absolute Gasteiger partial charge is 0.150 e. The summed E-state index contributed by atoms with van der Waals surface area (Å²) in [5.74, 6) is 0.931. The first-order chi connectivity index (χ1) is 8.48. The van der Waals surface area contributed by atoms with Gasteiger partial charge in [-0.3, -0.25) is 0 Å². The van der Waals surface area contributed by atoms with E-state index in [-0.39, 0.29) is 18.1 Å². The zero-order valence-corrected chi connectivity index (χ0v) is 11.7. The number of ether oxygens (including phenoxy) is 1. The van der Waals surface area contributed by atoms with Crippen molar-refractivity contribution in [1.82, 2.24) is 0 Å². The molecule has 102 valence electrons. The van der Waals surface area contributed by atoms with Crippen LogP contribution in [0.4, 0.5) is 0 Å². The Morgan fingerprint density at radius 2 is 2.06 bits per heavy atom. The third-order valence-electron chi connectivity index (χ3n) is 2.68. The lowest BCUT2D eigenvalue weighted by molar-refractivity contribution is 0.263. The van der Waals surface area contributed by atoms with E-state index in [1.807, 2.05) is 19.1 Å². The van der Waals surface area contributed by atoms with Crippen LogP contribution >= 0.6 is 0 Å². The Morgan fingerprint density at radius 3 is 2.67 bits per heavy atom. The van der Waals surface area contributed by atoms with Crippen LogP contribution in [0.1, 0.15) is 24.5 Å². The molecule has 0 fully saturated rings. The number of sulfone groups is 1. The Bertz CT molecular complexity index is 480. The van der Waals surface area contributed by atoms with E-state index in [9.17, 15) is 13.5 Å². The van der Waals surface area contributed by atoms with E-state index < -0.39 is 9.84 Å². The summed E-state index contributed by atoms with van der Waals surface area (Å²) in [5.41, 5.74) is 1.79. The molecule has 0 spiro atoms. The average molecular weight is 272 g/mol. The van der Waals surface area contributed by atoms with Gasteiger partial charge in [0.2, 0.25) is 0 Å². The number of hydrogen-bond acceptors (Lipinski definition) is 4. The Morgan fingerprint density at radius 1 is 1.33 bits per heavy atom. The summed E-state index contributed by atoms with van der Waals surface area (Å²) in [6.45, 7) is 3.84. The lowest BCUT2D eigenvalue weighted by Crippen LogP contribution is -2.12. The average Bonchev–Trinajstić information content (AvgIpc) is 2.36. The normalized spacial score (nSPS) is 11.5. The van der Waals surface area contributed by atoms with Gasteiger partial charge in [0.05, 0.1) is 19.0 Å². The minimum Gasteiger partial charge on any atom is -0.493 e. The van der Waals surface area contributed by atoms with Gasteiger partial charge in [0.25, 0.3) is 0 Å². The lowest BCUT2D eigenvalue weighted by atomic mass is 10.1. The highest BCUT2D eigenvalue weighted by Gasteiger charge is 2.08. The molecule has 4 nitrogen and oxygen atoms in total. The molecule has 1 aromatic carbocycles. The van der Waals surface area contributed by atoms with Crippen LogP contribution in [0.25, 0.3) is 0 Å². The molecule has 0 saturated carbocycles. The molecule has 0 heterocycles. The van der Waals surface area contributed by atoms with Crippen LogP contribution in [0.5, 0.6) is 5.75 Å². The fourth-order valence-electron chi connectivity index (χ4n) is 1.58. The molecule has 0 unspecified atom stereocenters. The molecule has 18 heavy (non-hydrogen) atoms. The second-order valence-electron chi connectivity index (χ2n) is 4.21. The second-order valence-corrected chi connectivity index (χ2v) is 6.68. The van der Waals surface area contributed by atoms with Crippen molar-refractivity contribution in [1.29, 1.82) is 0 Å². The van der Waals surface area contributed by atoms with Crippen LogP contribution < -0.4 is 4.74 Å². The molecule has 1 aromatic rings. The standard InChI is InChI=1S/C13H20O4S/c1-3-18(15,16)8-4-7-17-13-6-5-11(2)9-12(13)10-14/h5-6,9,14H,3-4,7-8,10H2,1-2H3. The van der Waals surface area contributed by atoms with E-state index in [1.54, 1.807) is 13.0 Å². The molecule has 0 aromatic heterocycles. The van der Waals surface area contributed by atoms with Gasteiger partial charge < -0.3 is 9.84 Å². The Kier molecular flexibility index (Phi) is 5.62. The van der Waals surface area contributed by atoms with Crippen molar-refractivity contribution in [3.05, 3.63) is 29.3 Å². The van der Waals surface area contributed by atoms with Crippen molar-refractivity contribution in [3.8, 4) is 5.75 Å². The predicted molar refractivity (Wildman–Crippen MR) is 71.5 cm³/mol. The number of hydrogen-bond donors (Lipinski definition) is 1. The Labute approximate surface area is 109 Å². The van der Waals surface area contributed by atoms with E-state index >= 15 is 0 Å². The maximum Gasteiger partial charge on any atom is 0.150 e. The van der Waals surface area contributed by atoms with Gasteiger partial charge in [-0.25, -0.2) is 8.42 Å². The van der Waals surface area contributed by atoms with Gasteiger partial charge in [0, 0.05) is 11.3 Å². The molecule has 0 aliphatic heterocycles. The largest absolute Gasteiger partial charge is 0.493 e. The summed E-state index contributed by atoms with van der Waals surface area (Å²) < 4.78 is 28.1. The molecular weight excluding hydrogens is 252 g/mol.